The minimum atomic E-state index is -5.08. The van der Waals surface area contributed by atoms with Gasteiger partial charge in [-0.2, -0.15) is 18.3 Å². The molecule has 13 heteroatoms. The van der Waals surface area contributed by atoms with Crippen LogP contribution >= 0.6 is 0 Å². The zero-order chi connectivity index (χ0) is 30.2. The van der Waals surface area contributed by atoms with Gasteiger partial charge < -0.3 is 14.9 Å². The average molecular weight is 581 g/mol. The van der Waals surface area contributed by atoms with Crippen LogP contribution < -0.4 is 5.56 Å². The Morgan fingerprint density at radius 2 is 1.80 bits per heavy atom. The van der Waals surface area contributed by atoms with Gasteiger partial charge in [-0.05, 0) is 75.1 Å². The molecule has 2 saturated carbocycles. The van der Waals surface area contributed by atoms with Crippen LogP contribution in [-0.2, 0) is 16.0 Å². The second kappa shape index (κ2) is 11.6. The molecule has 1 aliphatic heterocycles. The van der Waals surface area contributed by atoms with Crippen molar-refractivity contribution in [3.05, 3.63) is 62.3 Å². The van der Waals surface area contributed by atoms with Crippen molar-refractivity contribution in [2.75, 3.05) is 13.1 Å². The monoisotopic (exact) mass is 580 g/mol. The Morgan fingerprint density at radius 3 is 2.37 bits per heavy atom. The molecule has 2 amide bonds. The van der Waals surface area contributed by atoms with Gasteiger partial charge >= 0.3 is 12.1 Å². The summed E-state index contributed by atoms with van der Waals surface area (Å²) in [6.07, 6.45) is 0.0203. The summed E-state index contributed by atoms with van der Waals surface area (Å²) in [6.45, 7) is 5.93. The van der Waals surface area contributed by atoms with Crippen LogP contribution in [0.25, 0.3) is 0 Å². The van der Waals surface area contributed by atoms with E-state index in [1.54, 1.807) is 13.0 Å². The lowest BCUT2D eigenvalue weighted by molar-refractivity contribution is -0.192. The number of halogens is 4. The normalized spacial score (nSPS) is 23.8. The predicted octanol–water partition coefficient (Wildman–Crippen LogP) is 3.61. The molecule has 2 aliphatic carbocycles. The molecule has 1 saturated heterocycles. The topological polar surface area (TPSA) is 124 Å². The van der Waals surface area contributed by atoms with Gasteiger partial charge in [0.2, 0.25) is 5.91 Å². The SMILES string of the molecule is Cc1c(Cc2ccc(F)c(C(=O)N3CC(=O)N(C4C[C@H]5CC[C@@H]4C5)C(C)C3)c2)n[nH]c(=O)c1C.O=C(O)C(F)(F)F. The van der Waals surface area contributed by atoms with Gasteiger partial charge in [0, 0.05) is 30.6 Å². The smallest absolute Gasteiger partial charge is 0.475 e. The van der Waals surface area contributed by atoms with E-state index in [9.17, 15) is 31.9 Å². The number of carbonyl (C=O) groups excluding carboxylic acids is 2. The number of nitrogens with one attached hydrogen (secondary N) is 1. The summed E-state index contributed by atoms with van der Waals surface area (Å²) in [5.41, 5.74) is 2.47. The van der Waals surface area contributed by atoms with E-state index in [1.165, 1.54) is 36.3 Å². The van der Waals surface area contributed by atoms with E-state index in [-0.39, 0.29) is 35.7 Å². The number of aliphatic carboxylic acids is 1. The Morgan fingerprint density at radius 1 is 1.12 bits per heavy atom. The molecule has 222 valence electrons. The largest absolute Gasteiger partial charge is 0.490 e. The summed E-state index contributed by atoms with van der Waals surface area (Å²) in [6, 6.07) is 4.64. The third-order valence-corrected chi connectivity index (χ3v) is 8.42. The highest BCUT2D eigenvalue weighted by molar-refractivity contribution is 5.97. The van der Waals surface area contributed by atoms with E-state index in [4.69, 9.17) is 9.90 Å². The van der Waals surface area contributed by atoms with E-state index in [1.807, 2.05) is 18.7 Å². The first-order valence-electron chi connectivity index (χ1n) is 13.4. The lowest BCUT2D eigenvalue weighted by atomic mass is 9.92. The highest BCUT2D eigenvalue weighted by Gasteiger charge is 2.47. The Hall–Kier alpha value is -3.77. The maximum atomic E-state index is 14.7. The van der Waals surface area contributed by atoms with Crippen molar-refractivity contribution in [1.82, 2.24) is 20.0 Å². The second-order valence-corrected chi connectivity index (χ2v) is 11.1. The van der Waals surface area contributed by atoms with Gasteiger partial charge in [0.05, 0.1) is 11.3 Å². The summed E-state index contributed by atoms with van der Waals surface area (Å²) in [7, 11) is 0. The number of carboxylic acid groups (broad SMARTS) is 1. The molecule has 2 bridgehead atoms. The van der Waals surface area contributed by atoms with Crippen LogP contribution in [0, 0.1) is 31.5 Å². The number of hydrogen-bond acceptors (Lipinski definition) is 5. The molecule has 2 heterocycles. The quantitative estimate of drug-likeness (QED) is 0.533. The fraction of sp³-hybridized carbons (Fsp3) is 0.536. The van der Waals surface area contributed by atoms with Crippen LogP contribution in [-0.4, -0.2) is 74.2 Å². The number of H-pyrrole nitrogens is 1. The molecule has 2 N–H and O–H groups in total. The molecule has 5 rings (SSSR count). The van der Waals surface area contributed by atoms with Gasteiger partial charge in [0.1, 0.15) is 12.4 Å². The molecule has 0 radical (unpaired) electrons. The van der Waals surface area contributed by atoms with Crippen molar-refractivity contribution in [3.63, 3.8) is 0 Å². The molecule has 1 aromatic carbocycles. The molecule has 2 aromatic rings. The van der Waals surface area contributed by atoms with Gasteiger partial charge in [0.25, 0.3) is 11.5 Å². The maximum absolute atomic E-state index is 14.7. The molecule has 0 spiro atoms. The van der Waals surface area contributed by atoms with Crippen LogP contribution in [0.3, 0.4) is 0 Å². The van der Waals surface area contributed by atoms with Crippen molar-refractivity contribution < 1.29 is 37.1 Å². The Bertz CT molecular complexity index is 1410. The maximum Gasteiger partial charge on any atom is 0.490 e. The molecule has 9 nitrogen and oxygen atoms in total. The first-order chi connectivity index (χ1) is 19.2. The molecular weight excluding hydrogens is 548 g/mol. The average Bonchev–Trinajstić information content (AvgIpc) is 3.53. The number of amides is 2. The number of alkyl halides is 3. The number of aromatic nitrogens is 2. The minimum Gasteiger partial charge on any atom is -0.475 e. The van der Waals surface area contributed by atoms with Crippen LogP contribution in [0.2, 0.25) is 0 Å². The van der Waals surface area contributed by atoms with E-state index in [2.05, 4.69) is 10.2 Å². The number of fused-ring (bicyclic) bond motifs is 2. The van der Waals surface area contributed by atoms with Crippen LogP contribution in [0.4, 0.5) is 17.6 Å². The number of rotatable bonds is 4. The van der Waals surface area contributed by atoms with Gasteiger partial charge in [-0.25, -0.2) is 14.3 Å². The third kappa shape index (κ3) is 6.43. The number of carbonyl (C=O) groups is 3. The van der Waals surface area contributed by atoms with E-state index >= 15 is 0 Å². The highest BCUT2D eigenvalue weighted by atomic mass is 19.4. The highest BCUT2D eigenvalue weighted by Crippen LogP contribution is 2.47. The van der Waals surface area contributed by atoms with E-state index in [0.717, 1.165) is 17.9 Å². The van der Waals surface area contributed by atoms with Gasteiger partial charge in [-0.3, -0.25) is 14.4 Å². The molecule has 3 aliphatic rings. The summed E-state index contributed by atoms with van der Waals surface area (Å²) in [5.74, 6) is -2.55. The first kappa shape index (κ1) is 30.2. The standard InChI is InChI=1S/C26H31FN4O3.C2HF3O2/c1-14-12-30(13-24(32)31(14)23-11-17-4-6-19(23)8-17)26(34)20-9-18(5-7-21(20)27)10-22-15(2)16(3)25(33)29-28-22;3-2(4,5)1(6)7/h5,7,9,14,17,19,23H,4,6,8,10-13H2,1-3H3,(H,29,33);(H,6,7)/t14?,17-,19+,23?;/m0./s1. The molecular formula is C28H32F4N4O5. The predicted molar refractivity (Wildman–Crippen MR) is 139 cm³/mol. The second-order valence-electron chi connectivity index (χ2n) is 11.1. The number of carboxylic acids is 1. The van der Waals surface area contributed by atoms with Gasteiger partial charge in [-0.15, -0.1) is 0 Å². The number of aromatic amines is 1. The zero-order valence-electron chi connectivity index (χ0n) is 22.9. The van der Waals surface area contributed by atoms with Crippen molar-refractivity contribution >= 4 is 17.8 Å². The van der Waals surface area contributed by atoms with Crippen molar-refractivity contribution in [2.24, 2.45) is 11.8 Å². The van der Waals surface area contributed by atoms with Gasteiger partial charge in [0.15, 0.2) is 0 Å². The first-order valence-corrected chi connectivity index (χ1v) is 13.4. The summed E-state index contributed by atoms with van der Waals surface area (Å²) >= 11 is 0. The fourth-order valence-corrected chi connectivity index (χ4v) is 6.24. The minimum absolute atomic E-state index is 0.0134. The van der Waals surface area contributed by atoms with Crippen molar-refractivity contribution in [1.29, 1.82) is 0 Å². The number of nitrogens with zero attached hydrogens (tertiary/aromatic N) is 3. The summed E-state index contributed by atoms with van der Waals surface area (Å²) in [4.78, 5) is 50.5. The molecule has 41 heavy (non-hydrogen) atoms. The number of hydrogen-bond donors (Lipinski definition) is 2. The number of benzene rings is 1. The van der Waals surface area contributed by atoms with Crippen LogP contribution in [0.5, 0.6) is 0 Å². The Kier molecular flexibility index (Phi) is 8.55. The van der Waals surface area contributed by atoms with Crippen LogP contribution in [0.1, 0.15) is 65.3 Å². The molecule has 3 fully saturated rings. The van der Waals surface area contributed by atoms with Crippen molar-refractivity contribution in [2.45, 2.75) is 71.1 Å². The Balaban J connectivity index is 0.000000493. The van der Waals surface area contributed by atoms with Crippen LogP contribution in [0.15, 0.2) is 23.0 Å². The lowest BCUT2D eigenvalue weighted by Gasteiger charge is -2.45. The molecule has 1 aromatic heterocycles. The van der Waals surface area contributed by atoms with Crippen molar-refractivity contribution in [3.8, 4) is 0 Å². The lowest BCUT2D eigenvalue weighted by Crippen LogP contribution is -2.60. The summed E-state index contributed by atoms with van der Waals surface area (Å²) < 4.78 is 46.5. The zero-order valence-corrected chi connectivity index (χ0v) is 22.9. The molecule has 2 unspecified atom stereocenters. The number of piperazine rings is 1. The third-order valence-electron chi connectivity index (χ3n) is 8.42. The van der Waals surface area contributed by atoms with Gasteiger partial charge in [-0.1, -0.05) is 12.5 Å². The summed E-state index contributed by atoms with van der Waals surface area (Å²) in [5, 5.41) is 13.7. The van der Waals surface area contributed by atoms with E-state index in [0.29, 0.717) is 35.7 Å². The molecule has 4 atom stereocenters. The Labute approximate surface area is 233 Å². The fourth-order valence-electron chi connectivity index (χ4n) is 6.24. The van der Waals surface area contributed by atoms with E-state index < -0.39 is 23.9 Å².